The molecule has 0 fully saturated rings. The van der Waals surface area contributed by atoms with Crippen LogP contribution in [0.2, 0.25) is 0 Å². The smallest absolute Gasteiger partial charge is 0.0947 e. The number of hydrogen-bond donors (Lipinski definition) is 1. The molecule has 0 unspecified atom stereocenters. The van der Waals surface area contributed by atoms with E-state index in [0.29, 0.717) is 0 Å². The Morgan fingerprint density at radius 3 is 2.68 bits per heavy atom. The zero-order valence-corrected chi connectivity index (χ0v) is 10.5. The summed E-state index contributed by atoms with van der Waals surface area (Å²) in [5, 5.41) is 7.72. The van der Waals surface area contributed by atoms with Crippen molar-refractivity contribution in [1.29, 1.82) is 0 Å². The molecule has 2 aromatic heterocycles. The molecule has 0 aliphatic rings. The van der Waals surface area contributed by atoms with Crippen LogP contribution in [0.25, 0.3) is 5.69 Å². The third-order valence-corrected chi connectivity index (χ3v) is 2.90. The van der Waals surface area contributed by atoms with Gasteiger partial charge in [0.1, 0.15) is 0 Å². The number of furan rings is 1. The highest BCUT2D eigenvalue weighted by atomic mass is 16.3. The number of hydrogen-bond acceptors (Lipinski definition) is 3. The molecule has 1 N–H and O–H groups in total. The molecular weight excluding hydrogens is 238 g/mol. The third-order valence-electron chi connectivity index (χ3n) is 2.90. The predicted octanol–water partition coefficient (Wildman–Crippen LogP) is 2.76. The average molecular weight is 253 g/mol. The lowest BCUT2D eigenvalue weighted by Crippen LogP contribution is -2.11. The van der Waals surface area contributed by atoms with Gasteiger partial charge >= 0.3 is 0 Å². The Labute approximate surface area is 111 Å². The molecule has 0 saturated carbocycles. The molecule has 19 heavy (non-hydrogen) atoms. The summed E-state index contributed by atoms with van der Waals surface area (Å²) >= 11 is 0. The van der Waals surface area contributed by atoms with E-state index >= 15 is 0 Å². The predicted molar refractivity (Wildman–Crippen MR) is 72.8 cm³/mol. The molecular formula is C15H15N3O. The van der Waals surface area contributed by atoms with Crippen LogP contribution in [0, 0.1) is 0 Å². The van der Waals surface area contributed by atoms with Crippen molar-refractivity contribution < 1.29 is 4.42 Å². The largest absolute Gasteiger partial charge is 0.472 e. The molecule has 0 saturated heterocycles. The van der Waals surface area contributed by atoms with Gasteiger partial charge in [0.2, 0.25) is 0 Å². The highest BCUT2D eigenvalue weighted by molar-refractivity contribution is 5.30. The number of aromatic nitrogens is 2. The van der Waals surface area contributed by atoms with E-state index < -0.39 is 0 Å². The molecule has 3 rings (SSSR count). The molecule has 0 spiro atoms. The van der Waals surface area contributed by atoms with Crippen molar-refractivity contribution in [3.63, 3.8) is 0 Å². The molecule has 0 bridgehead atoms. The van der Waals surface area contributed by atoms with Gasteiger partial charge in [-0.1, -0.05) is 18.2 Å². The van der Waals surface area contributed by atoms with Crippen molar-refractivity contribution in [3.05, 3.63) is 72.4 Å². The second kappa shape index (κ2) is 5.54. The lowest BCUT2D eigenvalue weighted by molar-refractivity contribution is 0.560. The first kappa shape index (κ1) is 11.7. The fraction of sp³-hybridized carbons (Fsp3) is 0.133. The van der Waals surface area contributed by atoms with E-state index in [0.717, 1.165) is 29.9 Å². The second-order valence-electron chi connectivity index (χ2n) is 4.36. The number of rotatable bonds is 5. The van der Waals surface area contributed by atoms with Crippen molar-refractivity contribution in [1.82, 2.24) is 15.1 Å². The van der Waals surface area contributed by atoms with Gasteiger partial charge in [-0.25, -0.2) is 4.68 Å². The minimum atomic E-state index is 0.790. The molecule has 4 heteroatoms. The first-order valence-electron chi connectivity index (χ1n) is 6.22. The summed E-state index contributed by atoms with van der Waals surface area (Å²) in [5.74, 6) is 0. The Kier molecular flexibility index (Phi) is 3.42. The molecule has 0 aliphatic heterocycles. The van der Waals surface area contributed by atoms with Gasteiger partial charge in [0, 0.05) is 30.4 Å². The van der Waals surface area contributed by atoms with Crippen molar-refractivity contribution in [2.45, 2.75) is 13.1 Å². The van der Waals surface area contributed by atoms with Gasteiger partial charge in [0.15, 0.2) is 0 Å². The zero-order chi connectivity index (χ0) is 12.9. The van der Waals surface area contributed by atoms with Crippen LogP contribution in [0.1, 0.15) is 11.1 Å². The average Bonchev–Trinajstić information content (AvgIpc) is 3.11. The van der Waals surface area contributed by atoms with Crippen LogP contribution in [-0.4, -0.2) is 9.78 Å². The molecule has 0 aliphatic carbocycles. The first-order valence-corrected chi connectivity index (χ1v) is 6.22. The summed E-state index contributed by atoms with van der Waals surface area (Å²) in [7, 11) is 0. The van der Waals surface area contributed by atoms with Gasteiger partial charge in [-0.15, -0.1) is 0 Å². The van der Waals surface area contributed by atoms with Crippen molar-refractivity contribution in [2.24, 2.45) is 0 Å². The minimum Gasteiger partial charge on any atom is -0.472 e. The Balaban J connectivity index is 1.59. The summed E-state index contributed by atoms with van der Waals surface area (Å²) in [5.41, 5.74) is 3.38. The zero-order valence-electron chi connectivity index (χ0n) is 10.5. The summed E-state index contributed by atoms with van der Waals surface area (Å²) in [6.07, 6.45) is 7.36. The van der Waals surface area contributed by atoms with Gasteiger partial charge in [-0.2, -0.15) is 5.10 Å². The van der Waals surface area contributed by atoms with E-state index in [4.69, 9.17) is 4.42 Å². The van der Waals surface area contributed by atoms with E-state index in [1.807, 2.05) is 53.5 Å². The number of nitrogens with one attached hydrogen (secondary N) is 1. The molecule has 2 heterocycles. The maximum absolute atomic E-state index is 5.02. The topological polar surface area (TPSA) is 43.0 Å². The number of benzene rings is 1. The fourth-order valence-corrected chi connectivity index (χ4v) is 1.92. The molecule has 0 atom stereocenters. The molecule has 0 radical (unpaired) electrons. The Hall–Kier alpha value is -2.33. The lowest BCUT2D eigenvalue weighted by atomic mass is 10.3. The Morgan fingerprint density at radius 1 is 1.05 bits per heavy atom. The van der Waals surface area contributed by atoms with E-state index in [-0.39, 0.29) is 0 Å². The summed E-state index contributed by atoms with van der Waals surface area (Å²) < 4.78 is 6.91. The molecule has 0 amide bonds. The van der Waals surface area contributed by atoms with E-state index in [2.05, 4.69) is 10.4 Å². The minimum absolute atomic E-state index is 0.790. The second-order valence-corrected chi connectivity index (χ2v) is 4.36. The molecule has 1 aromatic carbocycles. The summed E-state index contributed by atoms with van der Waals surface area (Å²) in [6, 6.07) is 12.0. The molecule has 3 aromatic rings. The lowest BCUT2D eigenvalue weighted by Gasteiger charge is -2.00. The normalized spacial score (nSPS) is 10.7. The Bertz CT molecular complexity index is 614. The monoisotopic (exact) mass is 253 g/mol. The van der Waals surface area contributed by atoms with Crippen LogP contribution in [0.3, 0.4) is 0 Å². The molecule has 96 valence electrons. The van der Waals surface area contributed by atoms with Gasteiger partial charge in [0.25, 0.3) is 0 Å². The van der Waals surface area contributed by atoms with Gasteiger partial charge in [-0.05, 0) is 18.2 Å². The highest BCUT2D eigenvalue weighted by Gasteiger charge is 2.00. The standard InChI is InChI=1S/C15H15N3O/c1-2-4-15(5-3-1)18-11-14(10-17-18)9-16-8-13-6-7-19-12-13/h1-7,10-12,16H,8-9H2. The highest BCUT2D eigenvalue weighted by Crippen LogP contribution is 2.07. The number of nitrogens with zero attached hydrogens (tertiary/aromatic N) is 2. The van der Waals surface area contributed by atoms with Crippen LogP contribution in [0.15, 0.2) is 65.7 Å². The summed E-state index contributed by atoms with van der Waals surface area (Å²) in [6.45, 7) is 1.59. The van der Waals surface area contributed by atoms with Crippen molar-refractivity contribution in [3.8, 4) is 5.69 Å². The third kappa shape index (κ3) is 2.92. The maximum atomic E-state index is 5.02. The first-order chi connectivity index (χ1) is 9.42. The fourth-order valence-electron chi connectivity index (χ4n) is 1.92. The van der Waals surface area contributed by atoms with Crippen molar-refractivity contribution in [2.75, 3.05) is 0 Å². The van der Waals surface area contributed by atoms with Crippen LogP contribution < -0.4 is 5.32 Å². The number of para-hydroxylation sites is 1. The van der Waals surface area contributed by atoms with Crippen LogP contribution in [0.5, 0.6) is 0 Å². The van der Waals surface area contributed by atoms with Crippen LogP contribution in [0.4, 0.5) is 0 Å². The SMILES string of the molecule is c1ccc(-n2cc(CNCc3ccoc3)cn2)cc1. The van der Waals surface area contributed by atoms with E-state index in [9.17, 15) is 0 Å². The maximum Gasteiger partial charge on any atom is 0.0947 e. The van der Waals surface area contributed by atoms with Gasteiger partial charge < -0.3 is 9.73 Å². The van der Waals surface area contributed by atoms with Gasteiger partial charge in [0.05, 0.1) is 24.4 Å². The Morgan fingerprint density at radius 2 is 1.89 bits per heavy atom. The quantitative estimate of drug-likeness (QED) is 0.760. The van der Waals surface area contributed by atoms with Crippen LogP contribution in [-0.2, 0) is 13.1 Å². The molecule has 4 nitrogen and oxygen atoms in total. The summed E-state index contributed by atoms with van der Waals surface area (Å²) in [4.78, 5) is 0. The van der Waals surface area contributed by atoms with Gasteiger partial charge in [-0.3, -0.25) is 0 Å². The van der Waals surface area contributed by atoms with E-state index in [1.54, 1.807) is 12.5 Å². The van der Waals surface area contributed by atoms with E-state index in [1.165, 1.54) is 0 Å². The van der Waals surface area contributed by atoms with Crippen LogP contribution >= 0.6 is 0 Å². The van der Waals surface area contributed by atoms with Crippen molar-refractivity contribution >= 4 is 0 Å².